The van der Waals surface area contributed by atoms with Gasteiger partial charge in [0.1, 0.15) is 16.4 Å². The Morgan fingerprint density at radius 2 is 2.09 bits per heavy atom. The van der Waals surface area contributed by atoms with Gasteiger partial charge in [-0.3, -0.25) is 4.79 Å². The number of hydrogen-bond donors (Lipinski definition) is 2. The maximum atomic E-state index is 12.5. The monoisotopic (exact) mass is 376 g/mol. The quantitative estimate of drug-likeness (QED) is 0.674. The van der Waals surface area contributed by atoms with Crippen LogP contribution in [-0.4, -0.2) is 15.1 Å². The molecule has 0 radical (unpaired) electrons. The molecular weight excluding hydrogens is 364 g/mol. The second-order valence-corrected chi connectivity index (χ2v) is 7.47. The van der Waals surface area contributed by atoms with Crippen molar-refractivity contribution >= 4 is 37.5 Å². The van der Waals surface area contributed by atoms with Gasteiger partial charge >= 0.3 is 0 Å². The average molecular weight is 377 g/mol. The molecule has 2 N–H and O–H groups in total. The van der Waals surface area contributed by atoms with Gasteiger partial charge in [-0.15, -0.1) is 11.3 Å². The van der Waals surface area contributed by atoms with E-state index >= 15 is 0 Å². The van der Waals surface area contributed by atoms with E-state index in [0.717, 1.165) is 34.0 Å². The third kappa shape index (κ3) is 2.18. The number of phenolic OH excluding ortho intramolecular Hbond substituents is 1. The smallest absolute Gasteiger partial charge is 0.260 e. The Hall–Kier alpha value is -1.66. The van der Waals surface area contributed by atoms with Crippen molar-refractivity contribution in [3.63, 3.8) is 0 Å². The number of halogens is 1. The Morgan fingerprint density at radius 3 is 2.95 bits per heavy atom. The second kappa shape index (κ2) is 5.21. The van der Waals surface area contributed by atoms with Gasteiger partial charge in [-0.1, -0.05) is 15.9 Å². The number of rotatable bonds is 1. The number of phenols is 1. The number of hydrogen-bond acceptors (Lipinski definition) is 4. The fourth-order valence-corrected chi connectivity index (χ4v) is 4.61. The van der Waals surface area contributed by atoms with Gasteiger partial charge in [-0.2, -0.15) is 0 Å². The van der Waals surface area contributed by atoms with E-state index in [1.807, 2.05) is 0 Å². The molecule has 2 aromatic heterocycles. The summed E-state index contributed by atoms with van der Waals surface area (Å²) in [6.07, 6.45) is 4.30. The fourth-order valence-electron chi connectivity index (χ4n) is 2.99. The Balaban J connectivity index is 1.98. The van der Waals surface area contributed by atoms with Crippen LogP contribution in [0.15, 0.2) is 27.5 Å². The highest BCUT2D eigenvalue weighted by molar-refractivity contribution is 9.10. The van der Waals surface area contributed by atoms with Gasteiger partial charge in [-0.05, 0) is 49.4 Å². The molecule has 0 bridgehead atoms. The number of aromatic amines is 1. The van der Waals surface area contributed by atoms with Gasteiger partial charge in [-0.25, -0.2) is 4.98 Å². The lowest BCUT2D eigenvalue weighted by Crippen LogP contribution is -2.11. The van der Waals surface area contributed by atoms with Crippen molar-refractivity contribution < 1.29 is 5.11 Å². The summed E-state index contributed by atoms with van der Waals surface area (Å²) in [6.45, 7) is 0. The molecule has 1 aromatic carbocycles. The van der Waals surface area contributed by atoms with Crippen LogP contribution in [0.4, 0.5) is 0 Å². The lowest BCUT2D eigenvalue weighted by Gasteiger charge is -2.09. The van der Waals surface area contributed by atoms with Gasteiger partial charge in [0.25, 0.3) is 5.56 Å². The minimum Gasteiger partial charge on any atom is -0.507 e. The standard InChI is InChI=1S/C16H13BrN2O2S/c17-8-5-6-11(20)10(7-8)14-18-15(21)13-9-3-1-2-4-12(9)22-16(13)19-14/h5-7,20H,1-4H2,(H,18,19,21). The summed E-state index contributed by atoms with van der Waals surface area (Å²) in [6, 6.07) is 5.09. The topological polar surface area (TPSA) is 66.0 Å². The molecule has 0 saturated carbocycles. The van der Waals surface area contributed by atoms with Crippen molar-refractivity contribution in [3.05, 3.63) is 43.5 Å². The number of aryl methyl sites for hydroxylation is 2. The minimum absolute atomic E-state index is 0.104. The van der Waals surface area contributed by atoms with E-state index in [1.165, 1.54) is 16.9 Å². The molecule has 112 valence electrons. The van der Waals surface area contributed by atoms with Gasteiger partial charge in [0, 0.05) is 9.35 Å². The first-order valence-electron chi connectivity index (χ1n) is 7.17. The molecule has 0 aliphatic heterocycles. The normalized spacial score (nSPS) is 14.2. The zero-order chi connectivity index (χ0) is 15.3. The number of thiophene rings is 1. The summed E-state index contributed by atoms with van der Waals surface area (Å²) >= 11 is 4.99. The predicted octanol–water partition coefficient (Wildman–Crippen LogP) is 4.00. The number of nitrogens with one attached hydrogen (secondary N) is 1. The summed E-state index contributed by atoms with van der Waals surface area (Å²) in [5.74, 6) is 0.516. The summed E-state index contributed by atoms with van der Waals surface area (Å²) in [4.78, 5) is 22.0. The Kier molecular flexibility index (Phi) is 3.31. The summed E-state index contributed by atoms with van der Waals surface area (Å²) in [7, 11) is 0. The van der Waals surface area contributed by atoms with Crippen LogP contribution in [0.25, 0.3) is 21.6 Å². The number of H-pyrrole nitrogens is 1. The molecule has 4 rings (SSSR count). The minimum atomic E-state index is -0.112. The highest BCUT2D eigenvalue weighted by Gasteiger charge is 2.20. The lowest BCUT2D eigenvalue weighted by atomic mass is 9.97. The largest absolute Gasteiger partial charge is 0.507 e. The van der Waals surface area contributed by atoms with Crippen molar-refractivity contribution in [1.29, 1.82) is 0 Å². The van der Waals surface area contributed by atoms with Crippen LogP contribution in [0.5, 0.6) is 5.75 Å². The highest BCUT2D eigenvalue weighted by Crippen LogP contribution is 2.35. The van der Waals surface area contributed by atoms with Crippen LogP contribution in [0, 0.1) is 0 Å². The van der Waals surface area contributed by atoms with E-state index in [2.05, 4.69) is 25.9 Å². The lowest BCUT2D eigenvalue weighted by molar-refractivity contribution is 0.477. The first kappa shape index (κ1) is 14.0. The maximum Gasteiger partial charge on any atom is 0.260 e. The van der Waals surface area contributed by atoms with E-state index in [0.29, 0.717) is 11.4 Å². The molecule has 0 amide bonds. The highest BCUT2D eigenvalue weighted by atomic mass is 79.9. The number of benzene rings is 1. The number of aromatic nitrogens is 2. The van der Waals surface area contributed by atoms with E-state index in [-0.39, 0.29) is 11.3 Å². The van der Waals surface area contributed by atoms with Crippen molar-refractivity contribution in [2.24, 2.45) is 0 Å². The third-order valence-electron chi connectivity index (χ3n) is 4.04. The van der Waals surface area contributed by atoms with Crippen LogP contribution < -0.4 is 5.56 Å². The predicted molar refractivity (Wildman–Crippen MR) is 91.7 cm³/mol. The van der Waals surface area contributed by atoms with Crippen LogP contribution >= 0.6 is 27.3 Å². The zero-order valence-electron chi connectivity index (χ0n) is 11.6. The first-order valence-corrected chi connectivity index (χ1v) is 8.78. The van der Waals surface area contributed by atoms with E-state index in [4.69, 9.17) is 0 Å². The molecule has 4 nitrogen and oxygen atoms in total. The summed E-state index contributed by atoms with van der Waals surface area (Å²) < 4.78 is 0.827. The zero-order valence-corrected chi connectivity index (χ0v) is 14.1. The molecular formula is C16H13BrN2O2S. The Bertz CT molecular complexity index is 945. The molecule has 1 aliphatic rings. The molecule has 22 heavy (non-hydrogen) atoms. The number of aromatic hydroxyl groups is 1. The average Bonchev–Trinajstić information content (AvgIpc) is 2.88. The van der Waals surface area contributed by atoms with Crippen LogP contribution in [-0.2, 0) is 12.8 Å². The maximum absolute atomic E-state index is 12.5. The molecule has 2 heterocycles. The van der Waals surface area contributed by atoms with E-state index in [1.54, 1.807) is 29.5 Å². The van der Waals surface area contributed by atoms with Crippen molar-refractivity contribution in [1.82, 2.24) is 9.97 Å². The summed E-state index contributed by atoms with van der Waals surface area (Å²) in [5, 5.41) is 10.8. The van der Waals surface area contributed by atoms with Crippen molar-refractivity contribution in [3.8, 4) is 17.1 Å². The van der Waals surface area contributed by atoms with Gasteiger partial charge < -0.3 is 10.1 Å². The van der Waals surface area contributed by atoms with Gasteiger partial charge in [0.15, 0.2) is 0 Å². The molecule has 0 unspecified atom stereocenters. The molecule has 0 atom stereocenters. The Labute approximate surface area is 139 Å². The second-order valence-electron chi connectivity index (χ2n) is 5.47. The number of fused-ring (bicyclic) bond motifs is 3. The molecule has 6 heteroatoms. The van der Waals surface area contributed by atoms with Crippen LogP contribution in [0.2, 0.25) is 0 Å². The van der Waals surface area contributed by atoms with E-state index < -0.39 is 0 Å². The molecule has 0 saturated heterocycles. The molecule has 0 fully saturated rings. The Morgan fingerprint density at radius 1 is 1.27 bits per heavy atom. The van der Waals surface area contributed by atoms with E-state index in [9.17, 15) is 9.90 Å². The molecule has 1 aliphatic carbocycles. The van der Waals surface area contributed by atoms with Crippen LogP contribution in [0.1, 0.15) is 23.3 Å². The van der Waals surface area contributed by atoms with Gasteiger partial charge in [0.05, 0.1) is 10.9 Å². The first-order chi connectivity index (χ1) is 10.6. The van der Waals surface area contributed by atoms with Crippen molar-refractivity contribution in [2.45, 2.75) is 25.7 Å². The van der Waals surface area contributed by atoms with Gasteiger partial charge in [0.2, 0.25) is 0 Å². The van der Waals surface area contributed by atoms with Crippen molar-refractivity contribution in [2.75, 3.05) is 0 Å². The summed E-state index contributed by atoms with van der Waals surface area (Å²) in [5.41, 5.74) is 1.59. The number of nitrogens with zero attached hydrogens (tertiary/aromatic N) is 1. The molecule has 3 aromatic rings. The SMILES string of the molecule is O=c1[nH]c(-c2cc(Br)ccc2O)nc2sc3c(c12)CCCC3. The fraction of sp³-hybridized carbons (Fsp3) is 0.250. The third-order valence-corrected chi connectivity index (χ3v) is 5.72. The van der Waals surface area contributed by atoms with Crippen LogP contribution in [0.3, 0.4) is 0 Å². The molecule has 0 spiro atoms.